The van der Waals surface area contributed by atoms with E-state index in [1.807, 2.05) is 18.5 Å². The van der Waals surface area contributed by atoms with Crippen molar-refractivity contribution in [1.82, 2.24) is 10.3 Å². The topological polar surface area (TPSA) is 24.9 Å². The van der Waals surface area contributed by atoms with Gasteiger partial charge >= 0.3 is 0 Å². The first-order chi connectivity index (χ1) is 10.3. The van der Waals surface area contributed by atoms with Gasteiger partial charge in [-0.1, -0.05) is 48.5 Å². The van der Waals surface area contributed by atoms with E-state index in [0.29, 0.717) is 0 Å². The largest absolute Gasteiger partial charge is 0.304 e. The van der Waals surface area contributed by atoms with Crippen molar-refractivity contribution in [2.45, 2.75) is 25.9 Å². The second-order valence-corrected chi connectivity index (χ2v) is 5.46. The van der Waals surface area contributed by atoms with Crippen LogP contribution in [0.4, 0.5) is 0 Å². The Hall–Kier alpha value is -2.19. The van der Waals surface area contributed by atoms with Crippen LogP contribution in [0.1, 0.15) is 37.1 Å². The minimum atomic E-state index is 0.271. The van der Waals surface area contributed by atoms with Gasteiger partial charge in [-0.2, -0.15) is 0 Å². The molecule has 2 aromatic carbocycles. The number of nitrogens with one attached hydrogen (secondary N) is 1. The van der Waals surface area contributed by atoms with E-state index in [0.717, 1.165) is 0 Å². The molecule has 0 aliphatic rings. The molecule has 0 amide bonds. The molecule has 0 radical (unpaired) electrons. The van der Waals surface area contributed by atoms with Gasteiger partial charge in [-0.25, -0.2) is 0 Å². The molecular weight excluding hydrogens is 256 g/mol. The van der Waals surface area contributed by atoms with Crippen LogP contribution in [0.25, 0.3) is 10.8 Å². The Morgan fingerprint density at radius 3 is 2.48 bits per heavy atom. The van der Waals surface area contributed by atoms with Gasteiger partial charge in [-0.15, -0.1) is 0 Å². The van der Waals surface area contributed by atoms with Crippen molar-refractivity contribution in [2.24, 2.45) is 0 Å². The minimum absolute atomic E-state index is 0.271. The molecular formula is C19H20N2. The molecule has 1 aromatic heterocycles. The third kappa shape index (κ3) is 2.96. The van der Waals surface area contributed by atoms with Crippen LogP contribution >= 0.6 is 0 Å². The number of rotatable bonds is 4. The molecule has 0 aliphatic heterocycles. The van der Waals surface area contributed by atoms with E-state index < -0.39 is 0 Å². The van der Waals surface area contributed by atoms with Crippen LogP contribution in [-0.4, -0.2) is 4.98 Å². The van der Waals surface area contributed by atoms with Crippen molar-refractivity contribution >= 4 is 10.8 Å². The SMILES string of the molecule is C[C@H](N[C@@H](C)c1cccc2ccccc12)c1cccnc1. The highest BCUT2D eigenvalue weighted by Gasteiger charge is 2.13. The Morgan fingerprint density at radius 2 is 1.67 bits per heavy atom. The smallest absolute Gasteiger partial charge is 0.0315 e. The zero-order valence-electron chi connectivity index (χ0n) is 12.5. The number of nitrogens with zero attached hydrogens (tertiary/aromatic N) is 1. The molecule has 3 rings (SSSR count). The summed E-state index contributed by atoms with van der Waals surface area (Å²) in [6.07, 6.45) is 3.73. The first-order valence-electron chi connectivity index (χ1n) is 7.39. The lowest BCUT2D eigenvalue weighted by Gasteiger charge is -2.21. The minimum Gasteiger partial charge on any atom is -0.304 e. The van der Waals surface area contributed by atoms with Gasteiger partial charge in [0.1, 0.15) is 0 Å². The zero-order chi connectivity index (χ0) is 14.7. The predicted octanol–water partition coefficient (Wildman–Crippen LogP) is 4.65. The van der Waals surface area contributed by atoms with E-state index >= 15 is 0 Å². The summed E-state index contributed by atoms with van der Waals surface area (Å²) in [6, 6.07) is 19.7. The lowest BCUT2D eigenvalue weighted by Crippen LogP contribution is -2.22. The van der Waals surface area contributed by atoms with Crippen molar-refractivity contribution in [2.75, 3.05) is 0 Å². The van der Waals surface area contributed by atoms with Crippen molar-refractivity contribution in [3.63, 3.8) is 0 Å². The Kier molecular flexibility index (Phi) is 3.98. The maximum absolute atomic E-state index is 4.20. The Bertz CT molecular complexity index is 716. The fraction of sp³-hybridized carbons (Fsp3) is 0.211. The molecule has 0 unspecified atom stereocenters. The first-order valence-corrected chi connectivity index (χ1v) is 7.39. The van der Waals surface area contributed by atoms with Crippen LogP contribution in [-0.2, 0) is 0 Å². The second-order valence-electron chi connectivity index (χ2n) is 5.46. The van der Waals surface area contributed by atoms with Crippen LogP contribution in [0.3, 0.4) is 0 Å². The number of fused-ring (bicyclic) bond motifs is 1. The normalized spacial score (nSPS) is 14.0. The molecule has 21 heavy (non-hydrogen) atoms. The van der Waals surface area contributed by atoms with Gasteiger partial charge in [0.25, 0.3) is 0 Å². The van der Waals surface area contributed by atoms with Crippen molar-refractivity contribution in [3.05, 3.63) is 78.1 Å². The summed E-state index contributed by atoms with van der Waals surface area (Å²) in [5.74, 6) is 0. The number of aromatic nitrogens is 1. The standard InChI is InChI=1S/C19H20N2/c1-14(17-9-6-12-20-13-17)21-15(2)18-11-5-8-16-7-3-4-10-19(16)18/h3-15,21H,1-2H3/t14-,15-/m0/s1. The number of benzene rings is 2. The molecule has 2 heteroatoms. The third-order valence-corrected chi connectivity index (χ3v) is 3.97. The van der Waals surface area contributed by atoms with Gasteiger partial charge in [-0.05, 0) is 41.8 Å². The Balaban J connectivity index is 1.86. The molecule has 0 saturated heterocycles. The highest BCUT2D eigenvalue weighted by Crippen LogP contribution is 2.26. The fourth-order valence-electron chi connectivity index (χ4n) is 2.82. The predicted molar refractivity (Wildman–Crippen MR) is 88.2 cm³/mol. The summed E-state index contributed by atoms with van der Waals surface area (Å²) in [5, 5.41) is 6.27. The second kappa shape index (κ2) is 6.06. The van der Waals surface area contributed by atoms with Gasteiger partial charge < -0.3 is 5.32 Å². The molecule has 2 nitrogen and oxygen atoms in total. The highest BCUT2D eigenvalue weighted by molar-refractivity contribution is 5.86. The Morgan fingerprint density at radius 1 is 0.857 bits per heavy atom. The van der Waals surface area contributed by atoms with Crippen molar-refractivity contribution in [3.8, 4) is 0 Å². The van der Waals surface area contributed by atoms with Crippen molar-refractivity contribution < 1.29 is 0 Å². The molecule has 0 fully saturated rings. The maximum atomic E-state index is 4.20. The molecule has 2 atom stereocenters. The van der Waals surface area contributed by atoms with Gasteiger partial charge in [-0.3, -0.25) is 4.98 Å². The molecule has 0 aliphatic carbocycles. The van der Waals surface area contributed by atoms with Crippen LogP contribution in [0.15, 0.2) is 67.0 Å². The summed E-state index contributed by atoms with van der Waals surface area (Å²) in [6.45, 7) is 4.40. The highest BCUT2D eigenvalue weighted by atomic mass is 14.9. The Labute approximate surface area is 125 Å². The summed E-state index contributed by atoms with van der Waals surface area (Å²) in [5.41, 5.74) is 2.55. The van der Waals surface area contributed by atoms with E-state index in [9.17, 15) is 0 Å². The van der Waals surface area contributed by atoms with E-state index in [2.05, 4.69) is 72.7 Å². The number of hydrogen-bond acceptors (Lipinski definition) is 2. The number of hydrogen-bond donors (Lipinski definition) is 1. The lowest BCUT2D eigenvalue weighted by atomic mass is 9.98. The van der Waals surface area contributed by atoms with E-state index in [-0.39, 0.29) is 12.1 Å². The fourth-order valence-corrected chi connectivity index (χ4v) is 2.82. The van der Waals surface area contributed by atoms with Crippen molar-refractivity contribution in [1.29, 1.82) is 0 Å². The quantitative estimate of drug-likeness (QED) is 0.750. The first kappa shape index (κ1) is 13.8. The third-order valence-electron chi connectivity index (χ3n) is 3.97. The monoisotopic (exact) mass is 276 g/mol. The van der Waals surface area contributed by atoms with Crippen LogP contribution < -0.4 is 5.32 Å². The summed E-state index contributed by atoms with van der Waals surface area (Å²) in [7, 11) is 0. The van der Waals surface area contributed by atoms with Gasteiger partial charge in [0.2, 0.25) is 0 Å². The lowest BCUT2D eigenvalue weighted by molar-refractivity contribution is 0.496. The molecule has 3 aromatic rings. The average molecular weight is 276 g/mol. The summed E-state index contributed by atoms with van der Waals surface area (Å²) >= 11 is 0. The van der Waals surface area contributed by atoms with Gasteiger partial charge in [0.15, 0.2) is 0 Å². The molecule has 0 spiro atoms. The summed E-state index contributed by atoms with van der Waals surface area (Å²) in [4.78, 5) is 4.20. The molecule has 106 valence electrons. The molecule has 0 bridgehead atoms. The molecule has 1 N–H and O–H groups in total. The van der Waals surface area contributed by atoms with Crippen LogP contribution in [0, 0.1) is 0 Å². The maximum Gasteiger partial charge on any atom is 0.0315 e. The molecule has 1 heterocycles. The number of pyridine rings is 1. The zero-order valence-corrected chi connectivity index (χ0v) is 12.5. The van der Waals surface area contributed by atoms with E-state index in [1.165, 1.54) is 21.9 Å². The van der Waals surface area contributed by atoms with E-state index in [1.54, 1.807) is 0 Å². The van der Waals surface area contributed by atoms with Crippen LogP contribution in [0.5, 0.6) is 0 Å². The van der Waals surface area contributed by atoms with Gasteiger partial charge in [0, 0.05) is 24.5 Å². The summed E-state index contributed by atoms with van der Waals surface area (Å²) < 4.78 is 0. The average Bonchev–Trinajstić information content (AvgIpc) is 2.55. The molecule has 0 saturated carbocycles. The van der Waals surface area contributed by atoms with Gasteiger partial charge in [0.05, 0.1) is 0 Å². The van der Waals surface area contributed by atoms with Crippen LogP contribution in [0.2, 0.25) is 0 Å². The van der Waals surface area contributed by atoms with E-state index in [4.69, 9.17) is 0 Å².